The number of anilines is 1. The number of piperazine rings is 1. The van der Waals surface area contributed by atoms with Crippen molar-refractivity contribution in [1.29, 1.82) is 0 Å². The SMILES string of the molecule is COc1ccccc1N1CCN(C(=O)C(C)(C)n2nc(-c3ccc4c(c3)OCO4)ccc2=O)CC1. The Kier molecular flexibility index (Phi) is 5.84. The summed E-state index contributed by atoms with van der Waals surface area (Å²) in [6.45, 7) is 6.06. The number of methoxy groups -OCH3 is 1. The highest BCUT2D eigenvalue weighted by Gasteiger charge is 2.37. The smallest absolute Gasteiger partial charge is 0.267 e. The quantitative estimate of drug-likeness (QED) is 0.560. The number of carbonyl (C=O) groups is 1. The minimum Gasteiger partial charge on any atom is -0.495 e. The van der Waals surface area contributed by atoms with Crippen LogP contribution in [0.3, 0.4) is 0 Å². The molecule has 0 atom stereocenters. The van der Waals surface area contributed by atoms with E-state index in [-0.39, 0.29) is 18.3 Å². The van der Waals surface area contributed by atoms with Crippen LogP contribution in [0.5, 0.6) is 17.2 Å². The van der Waals surface area contributed by atoms with Crippen molar-refractivity contribution in [2.45, 2.75) is 19.4 Å². The molecule has 2 aliphatic heterocycles. The molecule has 5 rings (SSSR count). The maximum absolute atomic E-state index is 13.6. The fourth-order valence-corrected chi connectivity index (χ4v) is 4.54. The second-order valence-electron chi connectivity index (χ2n) is 9.05. The summed E-state index contributed by atoms with van der Waals surface area (Å²) in [5.41, 5.74) is 0.869. The first kappa shape index (κ1) is 22.8. The number of rotatable bonds is 5. The summed E-state index contributed by atoms with van der Waals surface area (Å²) in [6.07, 6.45) is 0. The molecule has 1 fully saturated rings. The summed E-state index contributed by atoms with van der Waals surface area (Å²) in [6, 6.07) is 16.5. The van der Waals surface area contributed by atoms with Crippen LogP contribution in [0.15, 0.2) is 59.4 Å². The van der Waals surface area contributed by atoms with Gasteiger partial charge in [-0.25, -0.2) is 4.68 Å². The van der Waals surface area contributed by atoms with Crippen LogP contribution in [0.1, 0.15) is 13.8 Å². The Labute approximate surface area is 203 Å². The Morgan fingerprint density at radius 2 is 1.71 bits per heavy atom. The van der Waals surface area contributed by atoms with Crippen LogP contribution in [0.2, 0.25) is 0 Å². The molecule has 3 heterocycles. The molecule has 1 amide bonds. The van der Waals surface area contributed by atoms with Crippen molar-refractivity contribution in [3.05, 3.63) is 65.0 Å². The third-order valence-corrected chi connectivity index (χ3v) is 6.51. The molecule has 1 saturated heterocycles. The van der Waals surface area contributed by atoms with Crippen LogP contribution >= 0.6 is 0 Å². The summed E-state index contributed by atoms with van der Waals surface area (Å²) >= 11 is 0. The zero-order valence-corrected chi connectivity index (χ0v) is 20.1. The van der Waals surface area contributed by atoms with Gasteiger partial charge < -0.3 is 24.0 Å². The van der Waals surface area contributed by atoms with E-state index in [1.54, 1.807) is 31.9 Å². The first-order chi connectivity index (χ1) is 16.9. The second kappa shape index (κ2) is 8.98. The molecule has 35 heavy (non-hydrogen) atoms. The van der Waals surface area contributed by atoms with Gasteiger partial charge in [0, 0.05) is 37.8 Å². The van der Waals surface area contributed by atoms with Crippen LogP contribution in [0, 0.1) is 0 Å². The van der Waals surface area contributed by atoms with Crippen LogP contribution in [-0.2, 0) is 10.3 Å². The number of fused-ring (bicyclic) bond motifs is 1. The monoisotopic (exact) mass is 476 g/mol. The van der Waals surface area contributed by atoms with Crippen molar-refractivity contribution < 1.29 is 19.0 Å². The third-order valence-electron chi connectivity index (χ3n) is 6.51. The number of amides is 1. The van der Waals surface area contributed by atoms with E-state index in [0.29, 0.717) is 43.4 Å². The van der Waals surface area contributed by atoms with E-state index < -0.39 is 5.54 Å². The number of benzene rings is 2. The van der Waals surface area contributed by atoms with Gasteiger partial charge in [-0.3, -0.25) is 9.59 Å². The Morgan fingerprint density at radius 3 is 2.49 bits per heavy atom. The first-order valence-electron chi connectivity index (χ1n) is 11.6. The number of hydrogen-bond donors (Lipinski definition) is 0. The van der Waals surface area contributed by atoms with E-state index in [2.05, 4.69) is 10.00 Å². The molecule has 0 N–H and O–H groups in total. The average Bonchev–Trinajstić information content (AvgIpc) is 3.36. The number of carbonyl (C=O) groups excluding carboxylic acids is 1. The molecule has 182 valence electrons. The Hall–Kier alpha value is -4.01. The largest absolute Gasteiger partial charge is 0.495 e. The molecule has 0 aliphatic carbocycles. The van der Waals surface area contributed by atoms with Gasteiger partial charge in [0.15, 0.2) is 11.5 Å². The molecule has 3 aromatic rings. The fraction of sp³-hybridized carbons (Fsp3) is 0.346. The molecule has 0 spiro atoms. The highest BCUT2D eigenvalue weighted by atomic mass is 16.7. The fourth-order valence-electron chi connectivity index (χ4n) is 4.54. The molecule has 2 aromatic carbocycles. The summed E-state index contributed by atoms with van der Waals surface area (Å²) in [5.74, 6) is 1.97. The predicted octanol–water partition coefficient (Wildman–Crippen LogP) is 2.73. The molecular weight excluding hydrogens is 448 g/mol. The van der Waals surface area contributed by atoms with Gasteiger partial charge in [-0.15, -0.1) is 0 Å². The van der Waals surface area contributed by atoms with Gasteiger partial charge in [0.1, 0.15) is 11.3 Å². The number of para-hydroxylation sites is 2. The van der Waals surface area contributed by atoms with Crippen LogP contribution in [0.4, 0.5) is 5.69 Å². The minimum atomic E-state index is -1.16. The Bertz CT molecular complexity index is 1310. The second-order valence-corrected chi connectivity index (χ2v) is 9.05. The lowest BCUT2D eigenvalue weighted by molar-refractivity contribution is -0.140. The molecule has 9 nitrogen and oxygen atoms in total. The van der Waals surface area contributed by atoms with Crippen LogP contribution in [-0.4, -0.2) is 60.7 Å². The molecule has 2 aliphatic rings. The van der Waals surface area contributed by atoms with Gasteiger partial charge in [-0.1, -0.05) is 12.1 Å². The van der Waals surface area contributed by atoms with Crippen molar-refractivity contribution in [1.82, 2.24) is 14.7 Å². The van der Waals surface area contributed by atoms with Gasteiger partial charge in [0.05, 0.1) is 18.5 Å². The van der Waals surface area contributed by atoms with Crippen molar-refractivity contribution >= 4 is 11.6 Å². The van der Waals surface area contributed by atoms with E-state index in [0.717, 1.165) is 17.0 Å². The number of ether oxygens (including phenoxy) is 3. The van der Waals surface area contributed by atoms with Crippen molar-refractivity contribution in [3.63, 3.8) is 0 Å². The molecule has 0 bridgehead atoms. The maximum atomic E-state index is 13.6. The zero-order chi connectivity index (χ0) is 24.6. The number of hydrogen-bond acceptors (Lipinski definition) is 7. The summed E-state index contributed by atoms with van der Waals surface area (Å²) in [5, 5.41) is 4.57. The number of aromatic nitrogens is 2. The summed E-state index contributed by atoms with van der Waals surface area (Å²) < 4.78 is 17.6. The van der Waals surface area contributed by atoms with E-state index in [1.165, 1.54) is 10.7 Å². The highest BCUT2D eigenvalue weighted by Crippen LogP contribution is 2.35. The number of nitrogens with zero attached hydrogens (tertiary/aromatic N) is 4. The molecule has 0 radical (unpaired) electrons. The molecule has 0 unspecified atom stereocenters. The topological polar surface area (TPSA) is 86.1 Å². The van der Waals surface area contributed by atoms with E-state index in [1.807, 2.05) is 42.5 Å². The van der Waals surface area contributed by atoms with Crippen molar-refractivity contribution in [2.24, 2.45) is 0 Å². The third kappa shape index (κ3) is 4.18. The minimum absolute atomic E-state index is 0.144. The zero-order valence-electron chi connectivity index (χ0n) is 20.1. The van der Waals surface area contributed by atoms with Gasteiger partial charge in [-0.2, -0.15) is 5.10 Å². The predicted molar refractivity (Wildman–Crippen MR) is 131 cm³/mol. The van der Waals surface area contributed by atoms with Crippen LogP contribution < -0.4 is 24.7 Å². The van der Waals surface area contributed by atoms with Crippen molar-refractivity contribution in [2.75, 3.05) is 45.0 Å². The summed E-state index contributed by atoms with van der Waals surface area (Å²) in [4.78, 5) is 30.4. The average molecular weight is 477 g/mol. The van der Waals surface area contributed by atoms with Crippen molar-refractivity contribution in [3.8, 4) is 28.5 Å². The lowest BCUT2D eigenvalue weighted by Gasteiger charge is -2.39. The first-order valence-corrected chi connectivity index (χ1v) is 11.6. The Balaban J connectivity index is 1.35. The van der Waals surface area contributed by atoms with E-state index in [4.69, 9.17) is 14.2 Å². The Morgan fingerprint density at radius 1 is 0.971 bits per heavy atom. The van der Waals surface area contributed by atoms with Gasteiger partial charge >= 0.3 is 0 Å². The normalized spacial score (nSPS) is 15.3. The maximum Gasteiger partial charge on any atom is 0.267 e. The van der Waals surface area contributed by atoms with Gasteiger partial charge in [0.2, 0.25) is 12.7 Å². The lowest BCUT2D eigenvalue weighted by Crippen LogP contribution is -2.56. The lowest BCUT2D eigenvalue weighted by atomic mass is 10.0. The van der Waals surface area contributed by atoms with Crippen LogP contribution in [0.25, 0.3) is 11.3 Å². The molecular formula is C26H28N4O5. The summed E-state index contributed by atoms with van der Waals surface area (Å²) in [7, 11) is 1.66. The van der Waals surface area contributed by atoms with E-state index >= 15 is 0 Å². The molecule has 0 saturated carbocycles. The molecule has 9 heteroatoms. The van der Waals surface area contributed by atoms with Gasteiger partial charge in [-0.05, 0) is 50.2 Å². The molecule has 1 aromatic heterocycles. The highest BCUT2D eigenvalue weighted by molar-refractivity contribution is 5.84. The van der Waals surface area contributed by atoms with Gasteiger partial charge in [0.25, 0.3) is 5.56 Å². The standard InChI is InChI=1S/C26H28N4O5/c1-26(2,25(32)29-14-12-28(13-15-29)20-6-4-5-7-21(20)33-3)30-24(31)11-9-19(27-30)18-8-10-22-23(16-18)35-17-34-22/h4-11,16H,12-15,17H2,1-3H3. The van der Waals surface area contributed by atoms with E-state index in [9.17, 15) is 9.59 Å².